The van der Waals surface area contributed by atoms with Gasteiger partial charge in [0.1, 0.15) is 12.2 Å². The Bertz CT molecular complexity index is 693. The number of carbonyl (C=O) groups is 3. The zero-order valence-electron chi connectivity index (χ0n) is 17.3. The number of carboxylic acids is 1. The molecule has 1 N–H and O–H groups in total. The molecule has 1 aliphatic heterocycles. The Balaban J connectivity index is 1.94. The third-order valence-electron chi connectivity index (χ3n) is 4.56. The molecular formula is C21H30N2O6. The first-order valence-corrected chi connectivity index (χ1v) is 9.83. The summed E-state index contributed by atoms with van der Waals surface area (Å²) in [6.07, 6.45) is 0.0104. The van der Waals surface area contributed by atoms with Crippen LogP contribution in [0.15, 0.2) is 30.3 Å². The summed E-state index contributed by atoms with van der Waals surface area (Å²) in [5.41, 5.74) is 0.293. The third-order valence-corrected chi connectivity index (χ3v) is 4.56. The highest BCUT2D eigenvalue weighted by molar-refractivity contribution is 5.71. The van der Waals surface area contributed by atoms with Crippen LogP contribution in [0.5, 0.6) is 0 Å². The van der Waals surface area contributed by atoms with Crippen molar-refractivity contribution in [2.24, 2.45) is 0 Å². The minimum atomic E-state index is -0.975. The first-order chi connectivity index (χ1) is 13.7. The van der Waals surface area contributed by atoms with Crippen LogP contribution >= 0.6 is 0 Å². The number of hydrogen-bond donors (Lipinski definition) is 1. The SMILES string of the molecule is CC(C)(C)OC(=O)N1CCC(N(CCC(=O)O)C(=O)OCc2ccccc2)CC1. The van der Waals surface area contributed by atoms with E-state index in [-0.39, 0.29) is 31.7 Å². The molecule has 8 heteroatoms. The first-order valence-electron chi connectivity index (χ1n) is 9.83. The van der Waals surface area contributed by atoms with Crippen LogP contribution in [0.1, 0.15) is 45.6 Å². The fourth-order valence-corrected chi connectivity index (χ4v) is 3.13. The van der Waals surface area contributed by atoms with Crippen molar-refractivity contribution >= 4 is 18.2 Å². The highest BCUT2D eigenvalue weighted by Crippen LogP contribution is 2.20. The summed E-state index contributed by atoms with van der Waals surface area (Å²) in [5.74, 6) is -0.975. The van der Waals surface area contributed by atoms with E-state index < -0.39 is 17.7 Å². The number of nitrogens with zero attached hydrogens (tertiary/aromatic N) is 2. The van der Waals surface area contributed by atoms with Gasteiger partial charge in [0.2, 0.25) is 0 Å². The fourth-order valence-electron chi connectivity index (χ4n) is 3.13. The predicted molar refractivity (Wildman–Crippen MR) is 106 cm³/mol. The minimum absolute atomic E-state index is 0.0695. The van der Waals surface area contributed by atoms with Crippen molar-refractivity contribution in [2.45, 2.75) is 58.3 Å². The summed E-state index contributed by atoms with van der Waals surface area (Å²) in [7, 11) is 0. The number of amides is 2. The Kier molecular flexibility index (Phi) is 7.87. The van der Waals surface area contributed by atoms with Gasteiger partial charge in [-0.3, -0.25) is 4.79 Å². The second-order valence-corrected chi connectivity index (χ2v) is 8.08. The van der Waals surface area contributed by atoms with Gasteiger partial charge < -0.3 is 24.4 Å². The minimum Gasteiger partial charge on any atom is -0.481 e. The summed E-state index contributed by atoms with van der Waals surface area (Å²) in [6, 6.07) is 9.12. The number of rotatable bonds is 6. The first kappa shape index (κ1) is 22.5. The highest BCUT2D eigenvalue weighted by atomic mass is 16.6. The van der Waals surface area contributed by atoms with Crippen molar-refractivity contribution in [3.63, 3.8) is 0 Å². The lowest BCUT2D eigenvalue weighted by atomic mass is 10.0. The van der Waals surface area contributed by atoms with Gasteiger partial charge in [0.05, 0.1) is 6.42 Å². The molecule has 2 amide bonds. The lowest BCUT2D eigenvalue weighted by Gasteiger charge is -2.38. The molecular weight excluding hydrogens is 376 g/mol. The topological polar surface area (TPSA) is 96.4 Å². The number of aliphatic carboxylic acids is 1. The zero-order valence-corrected chi connectivity index (χ0v) is 17.3. The van der Waals surface area contributed by atoms with Gasteiger partial charge in [-0.15, -0.1) is 0 Å². The number of piperidine rings is 1. The number of benzene rings is 1. The Morgan fingerprint density at radius 2 is 1.76 bits per heavy atom. The smallest absolute Gasteiger partial charge is 0.410 e. The van der Waals surface area contributed by atoms with E-state index in [1.807, 2.05) is 51.1 Å². The van der Waals surface area contributed by atoms with Gasteiger partial charge in [-0.25, -0.2) is 9.59 Å². The maximum Gasteiger partial charge on any atom is 0.410 e. The maximum absolute atomic E-state index is 12.6. The van der Waals surface area contributed by atoms with Gasteiger partial charge in [-0.2, -0.15) is 0 Å². The molecule has 0 aromatic heterocycles. The van der Waals surface area contributed by atoms with Crippen LogP contribution in [-0.2, 0) is 20.9 Å². The third kappa shape index (κ3) is 7.63. The molecule has 0 unspecified atom stereocenters. The van der Waals surface area contributed by atoms with E-state index in [1.54, 1.807) is 4.90 Å². The summed E-state index contributed by atoms with van der Waals surface area (Å²) in [4.78, 5) is 39.0. The maximum atomic E-state index is 12.6. The van der Waals surface area contributed by atoms with Gasteiger partial charge in [0.15, 0.2) is 0 Å². The molecule has 1 aromatic carbocycles. The van der Waals surface area contributed by atoms with Crippen molar-refractivity contribution in [1.82, 2.24) is 9.80 Å². The largest absolute Gasteiger partial charge is 0.481 e. The van der Waals surface area contributed by atoms with Gasteiger partial charge >= 0.3 is 18.2 Å². The molecule has 0 radical (unpaired) electrons. The molecule has 1 heterocycles. The summed E-state index contributed by atoms with van der Waals surface area (Å²) in [5, 5.41) is 9.03. The van der Waals surface area contributed by atoms with Crippen molar-refractivity contribution in [3.05, 3.63) is 35.9 Å². The molecule has 2 rings (SSSR count). The van der Waals surface area contributed by atoms with Crippen LogP contribution in [0.4, 0.5) is 9.59 Å². The highest BCUT2D eigenvalue weighted by Gasteiger charge is 2.32. The molecule has 1 fully saturated rings. The summed E-state index contributed by atoms with van der Waals surface area (Å²) < 4.78 is 10.8. The number of carbonyl (C=O) groups excluding carboxylic acids is 2. The molecule has 1 aromatic rings. The van der Waals surface area contributed by atoms with Crippen LogP contribution in [0.2, 0.25) is 0 Å². The summed E-state index contributed by atoms with van der Waals surface area (Å²) in [6.45, 7) is 6.51. The molecule has 0 saturated carbocycles. The summed E-state index contributed by atoms with van der Waals surface area (Å²) >= 11 is 0. The van der Waals surface area contributed by atoms with E-state index in [2.05, 4.69) is 0 Å². The van der Waals surface area contributed by atoms with Crippen LogP contribution in [-0.4, -0.2) is 64.3 Å². The molecule has 1 saturated heterocycles. The Morgan fingerprint density at radius 3 is 2.31 bits per heavy atom. The van der Waals surface area contributed by atoms with Crippen molar-refractivity contribution in [2.75, 3.05) is 19.6 Å². The normalized spacial score (nSPS) is 14.9. The van der Waals surface area contributed by atoms with Crippen molar-refractivity contribution in [1.29, 1.82) is 0 Å². The Hall–Kier alpha value is -2.77. The van der Waals surface area contributed by atoms with E-state index in [1.165, 1.54) is 4.90 Å². The second-order valence-electron chi connectivity index (χ2n) is 8.08. The molecule has 160 valence electrons. The van der Waals surface area contributed by atoms with Crippen LogP contribution in [0.3, 0.4) is 0 Å². The second kappa shape index (κ2) is 10.1. The van der Waals surface area contributed by atoms with E-state index in [9.17, 15) is 14.4 Å². The van der Waals surface area contributed by atoms with Crippen LogP contribution in [0, 0.1) is 0 Å². The van der Waals surface area contributed by atoms with Gasteiger partial charge in [-0.05, 0) is 39.2 Å². The molecule has 0 atom stereocenters. The van der Waals surface area contributed by atoms with Crippen LogP contribution in [0.25, 0.3) is 0 Å². The van der Waals surface area contributed by atoms with E-state index >= 15 is 0 Å². The molecule has 0 aliphatic carbocycles. The molecule has 29 heavy (non-hydrogen) atoms. The average Bonchev–Trinajstić information content (AvgIpc) is 2.66. The van der Waals surface area contributed by atoms with E-state index in [0.29, 0.717) is 25.9 Å². The van der Waals surface area contributed by atoms with E-state index in [4.69, 9.17) is 14.6 Å². The molecule has 0 bridgehead atoms. The standard InChI is InChI=1S/C21H30N2O6/c1-21(2,3)29-19(26)22-12-9-17(10-13-22)23(14-11-18(24)25)20(27)28-15-16-7-5-4-6-8-16/h4-8,17H,9-15H2,1-3H3,(H,24,25). The number of hydrogen-bond acceptors (Lipinski definition) is 5. The zero-order chi connectivity index (χ0) is 21.4. The van der Waals surface area contributed by atoms with Crippen LogP contribution < -0.4 is 0 Å². The number of likely N-dealkylation sites (tertiary alicyclic amines) is 1. The Morgan fingerprint density at radius 1 is 1.14 bits per heavy atom. The quantitative estimate of drug-likeness (QED) is 0.777. The Labute approximate surface area is 171 Å². The predicted octanol–water partition coefficient (Wildman–Crippen LogP) is 3.50. The molecule has 1 aliphatic rings. The van der Waals surface area contributed by atoms with Gasteiger partial charge in [-0.1, -0.05) is 30.3 Å². The van der Waals surface area contributed by atoms with Gasteiger partial charge in [0.25, 0.3) is 0 Å². The number of carboxylic acid groups (broad SMARTS) is 1. The lowest BCUT2D eigenvalue weighted by Crippen LogP contribution is -2.50. The lowest BCUT2D eigenvalue weighted by molar-refractivity contribution is -0.137. The number of ether oxygens (including phenoxy) is 2. The van der Waals surface area contributed by atoms with Crippen molar-refractivity contribution in [3.8, 4) is 0 Å². The average molecular weight is 406 g/mol. The van der Waals surface area contributed by atoms with Gasteiger partial charge in [0, 0.05) is 25.7 Å². The molecule has 8 nitrogen and oxygen atoms in total. The monoisotopic (exact) mass is 406 g/mol. The molecule has 0 spiro atoms. The van der Waals surface area contributed by atoms with E-state index in [0.717, 1.165) is 5.56 Å². The van der Waals surface area contributed by atoms with Crippen molar-refractivity contribution < 1.29 is 29.0 Å². The fraction of sp³-hybridized carbons (Fsp3) is 0.571.